The third-order valence-electron chi connectivity index (χ3n) is 5.42. The summed E-state index contributed by atoms with van der Waals surface area (Å²) in [5.41, 5.74) is 4.14. The Kier molecular flexibility index (Phi) is 2.46. The Hall–Kier alpha value is -1.85. The highest BCUT2D eigenvalue weighted by Crippen LogP contribution is 2.66. The third-order valence-corrected chi connectivity index (χ3v) is 6.74. The zero-order valence-corrected chi connectivity index (χ0v) is 13.5. The predicted octanol–water partition coefficient (Wildman–Crippen LogP) is 2.91. The van der Waals surface area contributed by atoms with E-state index in [0.29, 0.717) is 0 Å². The van der Waals surface area contributed by atoms with Crippen molar-refractivity contribution < 1.29 is 13.2 Å². The van der Waals surface area contributed by atoms with E-state index < -0.39 is 15.3 Å². The highest BCUT2D eigenvalue weighted by Gasteiger charge is 2.63. The second kappa shape index (κ2) is 4.16. The van der Waals surface area contributed by atoms with Gasteiger partial charge in [0.2, 0.25) is 5.91 Å². The lowest BCUT2D eigenvalue weighted by Gasteiger charge is -2.30. The molecule has 23 heavy (non-hydrogen) atoms. The first-order valence-electron chi connectivity index (χ1n) is 7.45. The lowest BCUT2D eigenvalue weighted by Crippen LogP contribution is -2.32. The molecule has 4 bridgehead atoms. The summed E-state index contributed by atoms with van der Waals surface area (Å²) in [5, 5.41) is 0. The van der Waals surface area contributed by atoms with E-state index in [9.17, 15) is 13.2 Å². The first kappa shape index (κ1) is 13.6. The number of halogens is 1. The van der Waals surface area contributed by atoms with Crippen LogP contribution in [0.4, 0.5) is 0 Å². The van der Waals surface area contributed by atoms with Crippen LogP contribution in [0.15, 0.2) is 48.5 Å². The molecule has 5 rings (SSSR count). The molecule has 1 saturated heterocycles. The minimum absolute atomic E-state index is 0.0837. The Morgan fingerprint density at radius 3 is 1.96 bits per heavy atom. The molecule has 4 atom stereocenters. The normalized spacial score (nSPS) is 30.3. The van der Waals surface area contributed by atoms with Crippen molar-refractivity contribution in [2.24, 2.45) is 5.92 Å². The van der Waals surface area contributed by atoms with E-state index in [-0.39, 0.29) is 23.7 Å². The zero-order valence-electron chi connectivity index (χ0n) is 11.9. The smallest absolute Gasteiger partial charge is 0.273 e. The fraction of sp³-hybridized carbons (Fsp3) is 0.235. The van der Waals surface area contributed by atoms with Crippen LogP contribution in [-0.4, -0.2) is 18.6 Å². The minimum atomic E-state index is -4.12. The number of carbonyl (C=O) groups excluding carboxylic acids is 1. The second-order valence-corrected chi connectivity index (χ2v) is 8.70. The van der Waals surface area contributed by atoms with Crippen LogP contribution >= 0.6 is 10.7 Å². The van der Waals surface area contributed by atoms with E-state index in [2.05, 4.69) is 0 Å². The van der Waals surface area contributed by atoms with Gasteiger partial charge in [-0.3, -0.25) is 4.79 Å². The molecule has 0 saturated carbocycles. The molecule has 116 valence electrons. The topological polar surface area (TPSA) is 54.5 Å². The van der Waals surface area contributed by atoms with E-state index >= 15 is 0 Å². The van der Waals surface area contributed by atoms with Crippen molar-refractivity contribution in [2.75, 3.05) is 0 Å². The lowest BCUT2D eigenvalue weighted by molar-refractivity contribution is -0.127. The van der Waals surface area contributed by atoms with Gasteiger partial charge in [0, 0.05) is 22.5 Å². The van der Waals surface area contributed by atoms with Crippen LogP contribution in [0.2, 0.25) is 0 Å². The van der Waals surface area contributed by atoms with E-state index in [1.165, 1.54) is 0 Å². The Labute approximate surface area is 138 Å². The Balaban J connectivity index is 1.88. The van der Waals surface area contributed by atoms with Gasteiger partial charge < -0.3 is 0 Å². The van der Waals surface area contributed by atoms with Crippen molar-refractivity contribution in [2.45, 2.75) is 17.9 Å². The van der Waals surface area contributed by atoms with Gasteiger partial charge in [-0.1, -0.05) is 48.5 Å². The van der Waals surface area contributed by atoms with E-state index in [1.54, 1.807) is 0 Å². The average molecular weight is 346 g/mol. The first-order chi connectivity index (χ1) is 11.0. The van der Waals surface area contributed by atoms with Crippen molar-refractivity contribution in [3.63, 3.8) is 0 Å². The Morgan fingerprint density at radius 1 is 0.826 bits per heavy atom. The molecule has 4 nitrogen and oxygen atoms in total. The van der Waals surface area contributed by atoms with E-state index in [0.717, 1.165) is 26.6 Å². The largest absolute Gasteiger partial charge is 0.324 e. The molecule has 2 aliphatic carbocycles. The fourth-order valence-electron chi connectivity index (χ4n) is 4.77. The highest BCUT2D eigenvalue weighted by atomic mass is 35.7. The molecule has 3 aliphatic rings. The minimum Gasteiger partial charge on any atom is -0.273 e. The van der Waals surface area contributed by atoms with Crippen molar-refractivity contribution in [3.8, 4) is 0 Å². The third kappa shape index (κ3) is 1.52. The summed E-state index contributed by atoms with van der Waals surface area (Å²) in [6.45, 7) is 0. The monoisotopic (exact) mass is 345 g/mol. The zero-order chi connectivity index (χ0) is 15.9. The molecule has 1 aliphatic heterocycles. The summed E-state index contributed by atoms with van der Waals surface area (Å²) in [5.74, 6) is -0.986. The molecular formula is C17H12ClNO3S. The number of carbonyl (C=O) groups is 1. The molecule has 0 N–H and O–H groups in total. The Morgan fingerprint density at radius 2 is 1.35 bits per heavy atom. The highest BCUT2D eigenvalue weighted by molar-refractivity contribution is 8.12. The molecule has 0 aromatic heterocycles. The number of fused-ring (bicyclic) bond motifs is 5. The predicted molar refractivity (Wildman–Crippen MR) is 85.3 cm³/mol. The summed E-state index contributed by atoms with van der Waals surface area (Å²) in [6.07, 6.45) is 0. The maximum Gasteiger partial charge on any atom is 0.324 e. The van der Waals surface area contributed by atoms with Crippen molar-refractivity contribution in [1.29, 1.82) is 0 Å². The Bertz CT molecular complexity index is 971. The van der Waals surface area contributed by atoms with Crippen LogP contribution in [0.1, 0.15) is 40.1 Å². The van der Waals surface area contributed by atoms with E-state index in [1.807, 2.05) is 48.5 Å². The number of hydrogen-bond donors (Lipinski definition) is 0. The van der Waals surface area contributed by atoms with Crippen molar-refractivity contribution in [3.05, 3.63) is 70.8 Å². The number of hydrogen-bond acceptors (Lipinski definition) is 3. The molecule has 1 heterocycles. The van der Waals surface area contributed by atoms with Crippen LogP contribution in [-0.2, 0) is 14.0 Å². The standard InChI is InChI=1S/C17H12ClNO3S/c18-23(21,22)19-16-12-8-4-3-7-11(12)13-9-5-1-2-6-10(9)14(16)15(13)17(19)20/h1-8,13-16H/t13-,14+,15+,16+/m1/s1. The molecule has 0 radical (unpaired) electrons. The summed E-state index contributed by atoms with van der Waals surface area (Å²) >= 11 is 0. The van der Waals surface area contributed by atoms with Gasteiger partial charge in [0.05, 0.1) is 12.0 Å². The summed E-state index contributed by atoms with van der Waals surface area (Å²) in [7, 11) is 1.49. The van der Waals surface area contributed by atoms with Gasteiger partial charge in [0.25, 0.3) is 0 Å². The van der Waals surface area contributed by atoms with Gasteiger partial charge in [0.15, 0.2) is 0 Å². The molecule has 0 spiro atoms. The van der Waals surface area contributed by atoms with Crippen LogP contribution in [0.3, 0.4) is 0 Å². The number of nitrogens with zero attached hydrogens (tertiary/aromatic N) is 1. The van der Waals surface area contributed by atoms with Gasteiger partial charge in [-0.05, 0) is 22.3 Å². The number of rotatable bonds is 1. The first-order valence-corrected chi connectivity index (χ1v) is 9.72. The van der Waals surface area contributed by atoms with Crippen LogP contribution < -0.4 is 0 Å². The van der Waals surface area contributed by atoms with Gasteiger partial charge >= 0.3 is 9.24 Å². The van der Waals surface area contributed by atoms with Crippen LogP contribution in [0.25, 0.3) is 0 Å². The van der Waals surface area contributed by atoms with Gasteiger partial charge in [-0.25, -0.2) is 4.31 Å². The quantitative estimate of drug-likeness (QED) is 0.747. The molecule has 1 amide bonds. The summed E-state index contributed by atoms with van der Waals surface area (Å²) in [4.78, 5) is 12.9. The molecule has 1 fully saturated rings. The molecular weight excluding hydrogens is 334 g/mol. The van der Waals surface area contributed by atoms with E-state index in [4.69, 9.17) is 10.7 Å². The lowest BCUT2D eigenvalue weighted by atomic mass is 9.73. The van der Waals surface area contributed by atoms with Gasteiger partial charge in [-0.15, -0.1) is 0 Å². The fourth-order valence-corrected chi connectivity index (χ4v) is 6.09. The number of benzene rings is 2. The van der Waals surface area contributed by atoms with Crippen LogP contribution in [0, 0.1) is 5.92 Å². The van der Waals surface area contributed by atoms with Crippen molar-refractivity contribution >= 4 is 25.8 Å². The summed E-state index contributed by atoms with van der Waals surface area (Å²) < 4.78 is 25.0. The SMILES string of the molecule is O=C1[C@H]2[C@@H]3c4ccccc4[C@@H]2[C@H](c2ccccc23)N1S(=O)(=O)Cl. The maximum atomic E-state index is 12.9. The van der Waals surface area contributed by atoms with Gasteiger partial charge in [0.1, 0.15) is 0 Å². The molecule has 2 aromatic rings. The molecule has 0 unspecified atom stereocenters. The second-order valence-electron chi connectivity index (χ2n) is 6.31. The number of amides is 1. The van der Waals surface area contributed by atoms with Crippen LogP contribution in [0.5, 0.6) is 0 Å². The average Bonchev–Trinajstić information content (AvgIpc) is 2.93. The van der Waals surface area contributed by atoms with Gasteiger partial charge in [-0.2, -0.15) is 8.42 Å². The molecule has 6 heteroatoms. The maximum absolute atomic E-state index is 12.9. The summed E-state index contributed by atoms with van der Waals surface area (Å²) in [6, 6.07) is 15.1. The van der Waals surface area contributed by atoms with Crippen molar-refractivity contribution in [1.82, 2.24) is 4.31 Å². The molecule has 2 aromatic carbocycles.